The number of rotatable bonds is 5. The van der Waals surface area contributed by atoms with E-state index in [1.165, 1.54) is 11.8 Å². The monoisotopic (exact) mass is 307 g/mol. The second kappa shape index (κ2) is 7.55. The Bertz CT molecular complexity index is 553. The first-order valence-electron chi connectivity index (χ1n) is 6.61. The van der Waals surface area contributed by atoms with Crippen molar-refractivity contribution in [2.24, 2.45) is 4.99 Å². The molecule has 0 aliphatic carbocycles. The maximum Gasteiger partial charge on any atom is 0.244 e. The molecule has 1 aromatic rings. The van der Waals surface area contributed by atoms with Crippen LogP contribution in [0.3, 0.4) is 0 Å². The molecule has 1 heterocycles. The van der Waals surface area contributed by atoms with Crippen molar-refractivity contribution in [3.05, 3.63) is 35.5 Å². The molecule has 20 heavy (non-hydrogen) atoms. The van der Waals surface area contributed by atoms with Crippen molar-refractivity contribution in [1.82, 2.24) is 0 Å². The summed E-state index contributed by atoms with van der Waals surface area (Å²) in [7, 11) is 0. The Labute approximate surface area is 127 Å². The third kappa shape index (κ3) is 3.90. The average molecular weight is 307 g/mol. The molecule has 5 heteroatoms. The molecule has 0 N–H and O–H groups in total. The summed E-state index contributed by atoms with van der Waals surface area (Å²) in [5, 5.41) is 0.00578. The predicted octanol–water partition coefficient (Wildman–Crippen LogP) is 4.20. The predicted molar refractivity (Wildman–Crippen MR) is 88.4 cm³/mol. The summed E-state index contributed by atoms with van der Waals surface area (Å²) in [5.41, 5.74) is 1.40. The van der Waals surface area contributed by atoms with E-state index in [4.69, 9.17) is 4.74 Å². The molecular formula is C15H17NO2S2. The number of hydrogen-bond acceptors (Lipinski definition) is 5. The van der Waals surface area contributed by atoms with Gasteiger partial charge in [0.05, 0.1) is 6.61 Å². The Morgan fingerprint density at radius 3 is 2.90 bits per heavy atom. The van der Waals surface area contributed by atoms with E-state index in [1.807, 2.05) is 37.3 Å². The standard InChI is InChI=1S/C15H17NO2S2/c1-3-9-18-13-8-6-5-7-11(13)10-12-14(17)20-15(16-12)19-4-2/h5-8,10H,3-4,9H2,1-2H3. The van der Waals surface area contributed by atoms with E-state index < -0.39 is 0 Å². The maximum atomic E-state index is 11.9. The highest BCUT2D eigenvalue weighted by molar-refractivity contribution is 8.45. The summed E-state index contributed by atoms with van der Waals surface area (Å²) < 4.78 is 6.52. The minimum atomic E-state index is 0.00578. The van der Waals surface area contributed by atoms with Crippen LogP contribution in [0.4, 0.5) is 0 Å². The summed E-state index contributed by atoms with van der Waals surface area (Å²) >= 11 is 2.80. The minimum absolute atomic E-state index is 0.00578. The smallest absolute Gasteiger partial charge is 0.244 e. The number of nitrogens with zero attached hydrogens (tertiary/aromatic N) is 1. The van der Waals surface area contributed by atoms with E-state index >= 15 is 0 Å². The van der Waals surface area contributed by atoms with E-state index in [0.29, 0.717) is 12.3 Å². The third-order valence-corrected chi connectivity index (χ3v) is 4.43. The van der Waals surface area contributed by atoms with Crippen molar-refractivity contribution in [3.8, 4) is 5.75 Å². The fourth-order valence-corrected chi connectivity index (χ4v) is 3.40. The summed E-state index contributed by atoms with van der Waals surface area (Å²) in [6.07, 6.45) is 2.76. The molecule has 1 aliphatic heterocycles. The first-order chi connectivity index (χ1) is 9.74. The molecule has 0 radical (unpaired) electrons. The Morgan fingerprint density at radius 1 is 1.35 bits per heavy atom. The van der Waals surface area contributed by atoms with Gasteiger partial charge in [0, 0.05) is 5.56 Å². The van der Waals surface area contributed by atoms with Crippen LogP contribution in [0.2, 0.25) is 0 Å². The van der Waals surface area contributed by atoms with Crippen LogP contribution in [0.5, 0.6) is 5.75 Å². The first-order valence-corrected chi connectivity index (χ1v) is 8.42. The van der Waals surface area contributed by atoms with E-state index in [9.17, 15) is 4.79 Å². The minimum Gasteiger partial charge on any atom is -0.493 e. The topological polar surface area (TPSA) is 38.7 Å². The molecule has 1 aromatic carbocycles. The molecule has 3 nitrogen and oxygen atoms in total. The highest BCUT2D eigenvalue weighted by Gasteiger charge is 2.22. The van der Waals surface area contributed by atoms with Crippen LogP contribution in [0, 0.1) is 0 Å². The van der Waals surface area contributed by atoms with Gasteiger partial charge in [-0.15, -0.1) is 0 Å². The number of thioether (sulfide) groups is 2. The molecule has 1 aliphatic rings. The fourth-order valence-electron chi connectivity index (χ4n) is 1.67. The molecule has 0 fully saturated rings. The van der Waals surface area contributed by atoms with Gasteiger partial charge in [-0.1, -0.05) is 43.8 Å². The zero-order valence-electron chi connectivity index (χ0n) is 11.6. The van der Waals surface area contributed by atoms with Crippen LogP contribution < -0.4 is 4.74 Å². The molecule has 0 aromatic heterocycles. The number of benzene rings is 1. The van der Waals surface area contributed by atoms with Gasteiger partial charge in [-0.05, 0) is 36.1 Å². The van der Waals surface area contributed by atoms with Gasteiger partial charge in [0.1, 0.15) is 15.8 Å². The van der Waals surface area contributed by atoms with Crippen molar-refractivity contribution < 1.29 is 9.53 Å². The van der Waals surface area contributed by atoms with Gasteiger partial charge in [-0.3, -0.25) is 4.79 Å². The molecule has 106 valence electrons. The SMILES string of the molecule is CCCOc1ccccc1C=C1N=C(SCC)SC1=O. The quantitative estimate of drug-likeness (QED) is 0.764. The third-order valence-electron chi connectivity index (χ3n) is 2.54. The number of carbonyl (C=O) groups excluding carboxylic acids is 1. The van der Waals surface area contributed by atoms with Gasteiger partial charge in [0.15, 0.2) is 0 Å². The lowest BCUT2D eigenvalue weighted by molar-refractivity contribution is -0.107. The van der Waals surface area contributed by atoms with Crippen LogP contribution in [-0.4, -0.2) is 21.9 Å². The summed E-state index contributed by atoms with van der Waals surface area (Å²) in [6, 6.07) is 7.72. The molecule has 0 spiro atoms. The number of hydrogen-bond donors (Lipinski definition) is 0. The lowest BCUT2D eigenvalue weighted by Crippen LogP contribution is -1.97. The van der Waals surface area contributed by atoms with Crippen LogP contribution in [-0.2, 0) is 4.79 Å². The number of ether oxygens (including phenoxy) is 1. The molecular weight excluding hydrogens is 290 g/mol. The second-order valence-corrected chi connectivity index (χ2v) is 6.59. The zero-order chi connectivity index (χ0) is 14.4. The van der Waals surface area contributed by atoms with Crippen molar-refractivity contribution in [2.45, 2.75) is 20.3 Å². The van der Waals surface area contributed by atoms with Crippen LogP contribution in [0.25, 0.3) is 6.08 Å². The molecule has 0 amide bonds. The van der Waals surface area contributed by atoms with Gasteiger partial charge >= 0.3 is 0 Å². The maximum absolute atomic E-state index is 11.9. The van der Waals surface area contributed by atoms with Crippen molar-refractivity contribution in [2.75, 3.05) is 12.4 Å². The van der Waals surface area contributed by atoms with Gasteiger partial charge in [0.2, 0.25) is 5.12 Å². The van der Waals surface area contributed by atoms with E-state index in [-0.39, 0.29) is 5.12 Å². The highest BCUT2D eigenvalue weighted by atomic mass is 32.2. The fraction of sp³-hybridized carbons (Fsp3) is 0.333. The van der Waals surface area contributed by atoms with Gasteiger partial charge in [-0.25, -0.2) is 4.99 Å². The summed E-state index contributed by atoms with van der Waals surface area (Å²) in [5.74, 6) is 1.72. The second-order valence-electron chi connectivity index (χ2n) is 4.12. The normalized spacial score (nSPS) is 16.6. The Balaban J connectivity index is 2.24. The first kappa shape index (κ1) is 15.2. The Kier molecular flexibility index (Phi) is 5.73. The molecule has 2 rings (SSSR count). The zero-order valence-corrected chi connectivity index (χ0v) is 13.2. The largest absolute Gasteiger partial charge is 0.493 e. The molecule has 0 saturated carbocycles. The lowest BCUT2D eigenvalue weighted by atomic mass is 10.1. The van der Waals surface area contributed by atoms with Gasteiger partial charge in [-0.2, -0.15) is 0 Å². The number of carbonyl (C=O) groups is 1. The lowest BCUT2D eigenvalue weighted by Gasteiger charge is -2.07. The van der Waals surface area contributed by atoms with Gasteiger partial charge in [0.25, 0.3) is 0 Å². The van der Waals surface area contributed by atoms with E-state index in [2.05, 4.69) is 11.9 Å². The molecule has 0 bridgehead atoms. The Hall–Kier alpha value is -1.20. The highest BCUT2D eigenvalue weighted by Crippen LogP contribution is 2.32. The van der Waals surface area contributed by atoms with Crippen molar-refractivity contribution >= 4 is 39.1 Å². The van der Waals surface area contributed by atoms with Gasteiger partial charge < -0.3 is 4.74 Å². The van der Waals surface area contributed by atoms with E-state index in [1.54, 1.807) is 11.8 Å². The summed E-state index contributed by atoms with van der Waals surface area (Å²) in [6.45, 7) is 4.79. The van der Waals surface area contributed by atoms with Crippen LogP contribution in [0.1, 0.15) is 25.8 Å². The van der Waals surface area contributed by atoms with Crippen molar-refractivity contribution in [3.63, 3.8) is 0 Å². The Morgan fingerprint density at radius 2 is 2.15 bits per heavy atom. The van der Waals surface area contributed by atoms with Crippen molar-refractivity contribution in [1.29, 1.82) is 0 Å². The molecule has 0 atom stereocenters. The number of para-hydroxylation sites is 1. The number of aliphatic imine (C=N–C) groups is 1. The molecule has 0 saturated heterocycles. The summed E-state index contributed by atoms with van der Waals surface area (Å²) in [4.78, 5) is 16.3. The van der Waals surface area contributed by atoms with Crippen LogP contribution in [0.15, 0.2) is 35.0 Å². The molecule has 0 unspecified atom stereocenters. The van der Waals surface area contributed by atoms with Crippen LogP contribution >= 0.6 is 23.5 Å². The van der Waals surface area contributed by atoms with E-state index in [0.717, 1.165) is 27.9 Å². The average Bonchev–Trinajstić information content (AvgIpc) is 2.78.